The van der Waals surface area contributed by atoms with Gasteiger partial charge in [-0.05, 0) is 38.0 Å². The van der Waals surface area contributed by atoms with Crippen LogP contribution in [0.15, 0.2) is 0 Å². The summed E-state index contributed by atoms with van der Waals surface area (Å²) in [5.41, 5.74) is 0. The molecule has 3 atom stereocenters. The first-order chi connectivity index (χ1) is 8.08. The van der Waals surface area contributed by atoms with Crippen LogP contribution in [0.5, 0.6) is 0 Å². The topological polar surface area (TPSA) is 69.6 Å². The van der Waals surface area contributed by atoms with Crippen molar-refractivity contribution < 1.29 is 14.7 Å². The van der Waals surface area contributed by atoms with E-state index < -0.39 is 12.0 Å². The molecule has 5 nitrogen and oxygen atoms in total. The van der Waals surface area contributed by atoms with E-state index >= 15 is 0 Å². The van der Waals surface area contributed by atoms with Gasteiger partial charge in [-0.2, -0.15) is 0 Å². The average Bonchev–Trinajstić information content (AvgIpc) is 2.86. The van der Waals surface area contributed by atoms with Crippen molar-refractivity contribution in [3.63, 3.8) is 0 Å². The van der Waals surface area contributed by atoms with Gasteiger partial charge < -0.3 is 15.3 Å². The number of amides is 2. The highest BCUT2D eigenvalue weighted by Gasteiger charge is 2.35. The fourth-order valence-corrected chi connectivity index (χ4v) is 2.86. The minimum absolute atomic E-state index is 0.200. The van der Waals surface area contributed by atoms with E-state index in [0.717, 1.165) is 25.7 Å². The number of carboxylic acids is 1. The highest BCUT2D eigenvalue weighted by Crippen LogP contribution is 2.25. The van der Waals surface area contributed by atoms with Crippen molar-refractivity contribution in [3.8, 4) is 0 Å². The molecule has 1 aliphatic carbocycles. The van der Waals surface area contributed by atoms with Crippen LogP contribution in [0.2, 0.25) is 0 Å². The van der Waals surface area contributed by atoms with E-state index in [1.165, 1.54) is 4.90 Å². The lowest BCUT2D eigenvalue weighted by molar-refractivity contribution is -0.141. The number of carbonyl (C=O) groups is 2. The summed E-state index contributed by atoms with van der Waals surface area (Å²) in [7, 11) is 0. The third-order valence-corrected chi connectivity index (χ3v) is 3.82. The van der Waals surface area contributed by atoms with E-state index in [-0.39, 0.29) is 12.1 Å². The molecule has 2 amide bonds. The van der Waals surface area contributed by atoms with Crippen molar-refractivity contribution in [1.29, 1.82) is 0 Å². The highest BCUT2D eigenvalue weighted by atomic mass is 16.4. The minimum atomic E-state index is -0.891. The molecule has 2 N–H and O–H groups in total. The van der Waals surface area contributed by atoms with Crippen LogP contribution in [-0.2, 0) is 4.79 Å². The Morgan fingerprint density at radius 1 is 1.29 bits per heavy atom. The van der Waals surface area contributed by atoms with Crippen LogP contribution in [0.4, 0.5) is 4.79 Å². The highest BCUT2D eigenvalue weighted by molar-refractivity contribution is 5.83. The molecule has 2 rings (SSSR count). The number of carbonyl (C=O) groups excluding carboxylic acids is 1. The lowest BCUT2D eigenvalue weighted by Crippen LogP contribution is -2.48. The first-order valence-electron chi connectivity index (χ1n) is 6.38. The second-order valence-corrected chi connectivity index (χ2v) is 5.25. The van der Waals surface area contributed by atoms with Crippen LogP contribution in [0, 0.1) is 5.92 Å². The molecule has 96 valence electrons. The first-order valence-corrected chi connectivity index (χ1v) is 6.38. The average molecular weight is 240 g/mol. The number of nitrogens with one attached hydrogen (secondary N) is 1. The standard InChI is InChI=1S/C12H20N2O3/c1-8-4-5-9(7-8)13-12(17)14-6-2-3-10(14)11(15)16/h8-10H,2-7H2,1H3,(H,13,17)(H,15,16)/t8?,9?,10-/m0/s1. The Morgan fingerprint density at radius 2 is 2.06 bits per heavy atom. The molecule has 1 aliphatic heterocycles. The van der Waals surface area contributed by atoms with Crippen molar-refractivity contribution in [3.05, 3.63) is 0 Å². The number of carboxylic acid groups (broad SMARTS) is 1. The smallest absolute Gasteiger partial charge is 0.326 e. The van der Waals surface area contributed by atoms with Gasteiger partial charge in [-0.3, -0.25) is 0 Å². The molecule has 1 saturated carbocycles. The Hall–Kier alpha value is -1.26. The van der Waals surface area contributed by atoms with Gasteiger partial charge in [0.25, 0.3) is 0 Å². The molecular formula is C12H20N2O3. The van der Waals surface area contributed by atoms with E-state index in [4.69, 9.17) is 5.11 Å². The van der Waals surface area contributed by atoms with Gasteiger partial charge in [0.05, 0.1) is 0 Å². The zero-order valence-corrected chi connectivity index (χ0v) is 10.2. The second kappa shape index (κ2) is 4.94. The van der Waals surface area contributed by atoms with Crippen LogP contribution in [0.1, 0.15) is 39.0 Å². The van der Waals surface area contributed by atoms with E-state index in [0.29, 0.717) is 18.9 Å². The molecule has 2 fully saturated rings. The largest absolute Gasteiger partial charge is 0.480 e. The second-order valence-electron chi connectivity index (χ2n) is 5.25. The maximum absolute atomic E-state index is 12.0. The summed E-state index contributed by atoms with van der Waals surface area (Å²) in [5, 5.41) is 12.0. The van der Waals surface area contributed by atoms with Crippen molar-refractivity contribution in [2.45, 2.75) is 51.1 Å². The lowest BCUT2D eigenvalue weighted by Gasteiger charge is -2.24. The molecule has 0 aromatic carbocycles. The summed E-state index contributed by atoms with van der Waals surface area (Å²) in [6.45, 7) is 2.74. The van der Waals surface area contributed by atoms with Gasteiger partial charge in [0.1, 0.15) is 6.04 Å². The van der Waals surface area contributed by atoms with Gasteiger partial charge in [0.2, 0.25) is 0 Å². The fraction of sp³-hybridized carbons (Fsp3) is 0.833. The minimum Gasteiger partial charge on any atom is -0.480 e. The van der Waals surface area contributed by atoms with Crippen LogP contribution in [0.3, 0.4) is 0 Å². The molecule has 0 spiro atoms. The quantitative estimate of drug-likeness (QED) is 0.767. The molecule has 2 aliphatic rings. The lowest BCUT2D eigenvalue weighted by atomic mass is 10.1. The molecule has 17 heavy (non-hydrogen) atoms. The third kappa shape index (κ3) is 2.70. The maximum atomic E-state index is 12.0. The zero-order chi connectivity index (χ0) is 12.4. The van der Waals surface area contributed by atoms with Gasteiger partial charge in [0, 0.05) is 12.6 Å². The van der Waals surface area contributed by atoms with Gasteiger partial charge in [0.15, 0.2) is 0 Å². The summed E-state index contributed by atoms with van der Waals surface area (Å²) in [6, 6.07) is -0.602. The molecule has 0 bridgehead atoms. The number of hydrogen-bond donors (Lipinski definition) is 2. The zero-order valence-electron chi connectivity index (χ0n) is 10.2. The number of aliphatic carboxylic acids is 1. The molecular weight excluding hydrogens is 220 g/mol. The summed E-state index contributed by atoms with van der Waals surface area (Å²) >= 11 is 0. The predicted molar refractivity (Wildman–Crippen MR) is 62.7 cm³/mol. The molecule has 0 aromatic rings. The number of hydrogen-bond acceptors (Lipinski definition) is 2. The molecule has 0 radical (unpaired) electrons. The number of rotatable bonds is 2. The van der Waals surface area contributed by atoms with Gasteiger partial charge in [-0.25, -0.2) is 9.59 Å². The van der Waals surface area contributed by atoms with Crippen molar-refractivity contribution in [1.82, 2.24) is 10.2 Å². The predicted octanol–water partition coefficient (Wildman–Crippen LogP) is 1.43. The Morgan fingerprint density at radius 3 is 2.65 bits per heavy atom. The van der Waals surface area contributed by atoms with Crippen molar-refractivity contribution >= 4 is 12.0 Å². The summed E-state index contributed by atoms with van der Waals surface area (Å²) < 4.78 is 0. The molecule has 1 heterocycles. The van der Waals surface area contributed by atoms with Crippen LogP contribution in [-0.4, -0.2) is 40.6 Å². The Kier molecular flexibility index (Phi) is 3.54. The molecule has 1 saturated heterocycles. The van der Waals surface area contributed by atoms with Crippen LogP contribution in [0.25, 0.3) is 0 Å². The van der Waals surface area contributed by atoms with Gasteiger partial charge in [-0.1, -0.05) is 6.92 Å². The Bertz CT molecular complexity index is 319. The van der Waals surface area contributed by atoms with E-state index in [1.54, 1.807) is 0 Å². The number of urea groups is 1. The van der Waals surface area contributed by atoms with Crippen molar-refractivity contribution in [2.24, 2.45) is 5.92 Å². The van der Waals surface area contributed by atoms with E-state index in [1.807, 2.05) is 0 Å². The van der Waals surface area contributed by atoms with Crippen LogP contribution < -0.4 is 5.32 Å². The Balaban J connectivity index is 1.89. The Labute approximate surface area is 101 Å². The SMILES string of the molecule is CC1CCC(NC(=O)N2CCC[C@H]2C(=O)O)C1. The monoisotopic (exact) mass is 240 g/mol. The van der Waals surface area contributed by atoms with Crippen molar-refractivity contribution in [2.75, 3.05) is 6.54 Å². The summed E-state index contributed by atoms with van der Waals surface area (Å²) in [4.78, 5) is 24.4. The maximum Gasteiger partial charge on any atom is 0.326 e. The summed E-state index contributed by atoms with van der Waals surface area (Å²) in [5.74, 6) is -0.230. The molecule has 0 aromatic heterocycles. The van der Waals surface area contributed by atoms with E-state index in [2.05, 4.69) is 12.2 Å². The van der Waals surface area contributed by atoms with Gasteiger partial charge >= 0.3 is 12.0 Å². The normalized spacial score (nSPS) is 32.8. The first kappa shape index (κ1) is 12.2. The number of nitrogens with zero attached hydrogens (tertiary/aromatic N) is 1. The molecule has 2 unspecified atom stereocenters. The fourth-order valence-electron chi connectivity index (χ4n) is 2.86. The number of likely N-dealkylation sites (tertiary alicyclic amines) is 1. The van der Waals surface area contributed by atoms with E-state index in [9.17, 15) is 9.59 Å². The third-order valence-electron chi connectivity index (χ3n) is 3.82. The van der Waals surface area contributed by atoms with Gasteiger partial charge in [-0.15, -0.1) is 0 Å². The summed E-state index contributed by atoms with van der Waals surface area (Å²) in [6.07, 6.45) is 4.53. The van der Waals surface area contributed by atoms with Crippen LogP contribution >= 0.6 is 0 Å². The molecule has 5 heteroatoms.